The third-order valence-corrected chi connectivity index (χ3v) is 15.4. The summed E-state index contributed by atoms with van der Waals surface area (Å²) in [4.78, 5) is 25.8. The second-order valence-corrected chi connectivity index (χ2v) is 22.0. The Morgan fingerprint density at radius 1 is 0.362 bits per heavy atom. The van der Waals surface area contributed by atoms with Gasteiger partial charge in [-0.2, -0.15) is 0 Å². The molecular formula is C60H108O9. The molecular weight excluding hydrogens is 865 g/mol. The van der Waals surface area contributed by atoms with Gasteiger partial charge >= 0.3 is 11.9 Å². The Kier molecular flexibility index (Phi) is 33.7. The van der Waals surface area contributed by atoms with Gasteiger partial charge < -0.3 is 33.2 Å². The Morgan fingerprint density at radius 2 is 0.652 bits per heavy atom. The Morgan fingerprint density at radius 3 is 1.06 bits per heavy atom. The molecule has 9 nitrogen and oxygen atoms in total. The van der Waals surface area contributed by atoms with Crippen LogP contribution in [-0.2, 0) is 42.7 Å². The fraction of sp³-hybridized carbons (Fsp3) is 0.933. The molecule has 0 radical (unpaired) electrons. The smallest absolute Gasteiger partial charge is 0.306 e. The van der Waals surface area contributed by atoms with Crippen molar-refractivity contribution in [3.8, 4) is 0 Å². The van der Waals surface area contributed by atoms with Gasteiger partial charge in [0, 0.05) is 25.7 Å². The van der Waals surface area contributed by atoms with Crippen molar-refractivity contribution in [1.29, 1.82) is 0 Å². The van der Waals surface area contributed by atoms with E-state index < -0.39 is 6.10 Å². The fourth-order valence-electron chi connectivity index (χ4n) is 10.5. The molecule has 0 aromatic rings. The SMILES string of the molecule is C=C(CCCCCCCC1OC1CCCCCCCC)OCC(COC(=O)CCCCCCCC1OC1CCCCCCCCC)OC(=O)CCCCCCCC1OC1CC1OC1CCCCCC. The van der Waals surface area contributed by atoms with E-state index in [1.807, 2.05) is 0 Å². The maximum absolute atomic E-state index is 13.0. The molecule has 4 fully saturated rings. The Labute approximate surface area is 424 Å². The summed E-state index contributed by atoms with van der Waals surface area (Å²) in [6.45, 7) is 11.1. The Bertz CT molecular complexity index is 1290. The zero-order valence-corrected chi connectivity index (χ0v) is 45.2. The number of carbonyl (C=O) groups is 2. The van der Waals surface area contributed by atoms with Crippen molar-refractivity contribution in [1.82, 2.24) is 0 Å². The molecule has 0 aliphatic carbocycles. The average molecular weight is 974 g/mol. The fourth-order valence-corrected chi connectivity index (χ4v) is 10.5. The highest BCUT2D eigenvalue weighted by atomic mass is 16.6. The van der Waals surface area contributed by atoms with Gasteiger partial charge in [-0.25, -0.2) is 0 Å². The van der Waals surface area contributed by atoms with E-state index >= 15 is 0 Å². The zero-order chi connectivity index (χ0) is 49.0. The third kappa shape index (κ3) is 31.5. The number of ether oxygens (including phenoxy) is 7. The normalized spacial score (nSPS) is 23.7. The Balaban J connectivity index is 1.00. The van der Waals surface area contributed by atoms with E-state index in [9.17, 15) is 9.59 Å². The van der Waals surface area contributed by atoms with Gasteiger partial charge in [-0.1, -0.05) is 214 Å². The summed E-state index contributed by atoms with van der Waals surface area (Å²) >= 11 is 0. The van der Waals surface area contributed by atoms with E-state index in [4.69, 9.17) is 33.2 Å². The highest BCUT2D eigenvalue weighted by molar-refractivity contribution is 5.70. The number of carbonyl (C=O) groups excluding carboxylic acids is 2. The maximum Gasteiger partial charge on any atom is 0.306 e. The summed E-state index contributed by atoms with van der Waals surface area (Å²) in [5, 5.41) is 0. The standard InChI is InChI=1S/C60H108O9/c1-5-8-11-14-16-22-31-39-52-54(67-52)41-33-24-18-26-35-44-59(61)64-48-50(47-63-49(4)37-28-20-17-23-32-40-53-51(66-53)38-30-21-15-12-9-6-2)65-60(62)45-36-27-19-25-34-43-56-58(69-56)46-57-55(68-57)42-29-13-10-7-3/h50-58H,4-48H2,1-3H3. The van der Waals surface area contributed by atoms with Gasteiger partial charge in [0.05, 0.1) is 54.6 Å². The van der Waals surface area contributed by atoms with Gasteiger partial charge in [0.1, 0.15) is 13.2 Å². The monoisotopic (exact) mass is 973 g/mol. The van der Waals surface area contributed by atoms with Crippen LogP contribution in [0.1, 0.15) is 290 Å². The Hall–Kier alpha value is -1.68. The maximum atomic E-state index is 13.0. The molecule has 0 N–H and O–H groups in total. The van der Waals surface area contributed by atoms with Crippen LogP contribution < -0.4 is 0 Å². The minimum Gasteiger partial charge on any atom is -0.495 e. The first-order valence-electron chi connectivity index (χ1n) is 30.2. The van der Waals surface area contributed by atoms with Crippen LogP contribution in [0.5, 0.6) is 0 Å². The first-order valence-corrected chi connectivity index (χ1v) is 30.2. The lowest BCUT2D eigenvalue weighted by Gasteiger charge is -2.19. The van der Waals surface area contributed by atoms with Crippen LogP contribution >= 0.6 is 0 Å². The van der Waals surface area contributed by atoms with Crippen molar-refractivity contribution in [3.05, 3.63) is 12.3 Å². The van der Waals surface area contributed by atoms with E-state index in [0.29, 0.717) is 67.4 Å². The van der Waals surface area contributed by atoms with Gasteiger partial charge in [0.25, 0.3) is 0 Å². The molecule has 0 aromatic heterocycles. The number of allylic oxidation sites excluding steroid dienone is 1. The number of esters is 2. The number of rotatable bonds is 52. The van der Waals surface area contributed by atoms with Crippen LogP contribution in [0.4, 0.5) is 0 Å². The minimum atomic E-state index is -0.643. The van der Waals surface area contributed by atoms with Crippen molar-refractivity contribution < 1.29 is 42.7 Å². The van der Waals surface area contributed by atoms with E-state index in [-0.39, 0.29) is 25.2 Å². The van der Waals surface area contributed by atoms with Gasteiger partial charge in [-0.05, 0) is 57.8 Å². The molecule has 4 aliphatic rings. The minimum absolute atomic E-state index is 0.0144. The van der Waals surface area contributed by atoms with Crippen LogP contribution in [-0.4, -0.2) is 80.1 Å². The van der Waals surface area contributed by atoms with Gasteiger partial charge in [-0.3, -0.25) is 9.59 Å². The number of epoxide rings is 4. The second kappa shape index (κ2) is 38.9. The second-order valence-electron chi connectivity index (χ2n) is 22.0. The summed E-state index contributed by atoms with van der Waals surface area (Å²) in [7, 11) is 0. The highest BCUT2D eigenvalue weighted by Gasteiger charge is 2.47. The van der Waals surface area contributed by atoms with Crippen molar-refractivity contribution in [2.75, 3.05) is 13.2 Å². The first kappa shape index (κ1) is 59.9. The predicted molar refractivity (Wildman–Crippen MR) is 282 cm³/mol. The molecule has 9 atom stereocenters. The lowest BCUT2D eigenvalue weighted by molar-refractivity contribution is -0.162. The van der Waals surface area contributed by atoms with E-state index in [1.54, 1.807) is 0 Å². The van der Waals surface area contributed by atoms with E-state index in [0.717, 1.165) is 83.5 Å². The average Bonchev–Trinajstić information content (AvgIpc) is 4.17. The topological polar surface area (TPSA) is 112 Å². The van der Waals surface area contributed by atoms with Crippen molar-refractivity contribution >= 4 is 11.9 Å². The summed E-state index contributed by atoms with van der Waals surface area (Å²) in [6, 6.07) is 0. The third-order valence-electron chi connectivity index (χ3n) is 15.4. The molecule has 4 aliphatic heterocycles. The molecule has 0 spiro atoms. The summed E-state index contributed by atoms with van der Waals surface area (Å²) < 4.78 is 41.3. The molecule has 0 saturated carbocycles. The molecule has 9 heteroatoms. The van der Waals surface area contributed by atoms with E-state index in [1.165, 1.54) is 173 Å². The molecule has 4 saturated heterocycles. The number of unbranched alkanes of at least 4 members (excludes halogenated alkanes) is 26. The van der Waals surface area contributed by atoms with Crippen molar-refractivity contribution in [2.24, 2.45) is 0 Å². The largest absolute Gasteiger partial charge is 0.495 e. The summed E-state index contributed by atoms with van der Waals surface area (Å²) in [6.07, 6.45) is 52.1. The molecule has 0 amide bonds. The van der Waals surface area contributed by atoms with Gasteiger partial charge in [0.2, 0.25) is 0 Å². The molecule has 69 heavy (non-hydrogen) atoms. The van der Waals surface area contributed by atoms with Gasteiger partial charge in [0.15, 0.2) is 6.10 Å². The molecule has 9 unspecified atom stereocenters. The van der Waals surface area contributed by atoms with Gasteiger partial charge in [-0.15, -0.1) is 0 Å². The molecule has 0 bridgehead atoms. The van der Waals surface area contributed by atoms with Crippen LogP contribution in [0.25, 0.3) is 0 Å². The van der Waals surface area contributed by atoms with Crippen LogP contribution in [0.15, 0.2) is 12.3 Å². The summed E-state index contributed by atoms with van der Waals surface area (Å²) in [5.74, 6) is 0.215. The predicted octanol–water partition coefficient (Wildman–Crippen LogP) is 16.5. The molecule has 402 valence electrons. The molecule has 4 rings (SSSR count). The van der Waals surface area contributed by atoms with Crippen molar-refractivity contribution in [3.63, 3.8) is 0 Å². The highest BCUT2D eigenvalue weighted by Crippen LogP contribution is 2.39. The number of hydrogen-bond acceptors (Lipinski definition) is 9. The quantitative estimate of drug-likeness (QED) is 0.0254. The molecule has 4 heterocycles. The lowest BCUT2D eigenvalue weighted by Crippen LogP contribution is -2.29. The summed E-state index contributed by atoms with van der Waals surface area (Å²) in [5.41, 5.74) is 0. The zero-order valence-electron chi connectivity index (χ0n) is 45.2. The van der Waals surface area contributed by atoms with Crippen molar-refractivity contribution in [2.45, 2.75) is 345 Å². The number of hydrogen-bond donors (Lipinski definition) is 0. The van der Waals surface area contributed by atoms with E-state index in [2.05, 4.69) is 27.4 Å². The van der Waals surface area contributed by atoms with Crippen LogP contribution in [0.2, 0.25) is 0 Å². The lowest BCUT2D eigenvalue weighted by atomic mass is 10.0. The first-order chi connectivity index (χ1) is 33.9. The van der Waals surface area contributed by atoms with Crippen LogP contribution in [0, 0.1) is 0 Å². The van der Waals surface area contributed by atoms with Crippen LogP contribution in [0.3, 0.4) is 0 Å². The molecule has 0 aromatic carbocycles.